The van der Waals surface area contributed by atoms with Gasteiger partial charge in [-0.05, 0) is 33.0 Å². The SMILES string of the molecule is CC1CN(c2cc(F)c(-c3cnc(N4CCOCC4C)nc3)cc2NC(=O)c2cn(C)c(=O)cc2C(F)F)CCN1C. The van der Waals surface area contributed by atoms with Gasteiger partial charge in [-0.1, -0.05) is 0 Å². The molecule has 13 heteroatoms. The molecule has 0 bridgehead atoms. The number of amides is 1. The Morgan fingerprint density at radius 3 is 2.48 bits per heavy atom. The number of aromatic nitrogens is 3. The summed E-state index contributed by atoms with van der Waals surface area (Å²) in [4.78, 5) is 40.5. The third-order valence-corrected chi connectivity index (χ3v) is 7.95. The van der Waals surface area contributed by atoms with Crippen LogP contribution in [0.4, 0.5) is 30.5 Å². The number of alkyl halides is 2. The maximum absolute atomic E-state index is 15.7. The number of hydrogen-bond donors (Lipinski definition) is 1. The fourth-order valence-electron chi connectivity index (χ4n) is 5.25. The number of pyridine rings is 1. The quantitative estimate of drug-likeness (QED) is 0.470. The molecule has 224 valence electrons. The van der Waals surface area contributed by atoms with Crippen LogP contribution in [0.3, 0.4) is 0 Å². The van der Waals surface area contributed by atoms with Crippen LogP contribution in [-0.2, 0) is 11.8 Å². The second-order valence-electron chi connectivity index (χ2n) is 10.9. The average molecular weight is 586 g/mol. The summed E-state index contributed by atoms with van der Waals surface area (Å²) in [5.74, 6) is -0.878. The molecule has 0 spiro atoms. The fourth-order valence-corrected chi connectivity index (χ4v) is 5.25. The Kier molecular flexibility index (Phi) is 8.50. The average Bonchev–Trinajstić information content (AvgIpc) is 2.96. The molecule has 2 unspecified atom stereocenters. The summed E-state index contributed by atoms with van der Waals surface area (Å²) in [5.41, 5.74) is -0.473. The molecular weight excluding hydrogens is 551 g/mol. The van der Waals surface area contributed by atoms with Gasteiger partial charge >= 0.3 is 0 Å². The number of nitrogens with one attached hydrogen (secondary N) is 1. The van der Waals surface area contributed by atoms with Crippen molar-refractivity contribution in [2.24, 2.45) is 7.05 Å². The van der Waals surface area contributed by atoms with E-state index >= 15 is 4.39 Å². The van der Waals surface area contributed by atoms with Gasteiger partial charge < -0.3 is 29.3 Å². The maximum Gasteiger partial charge on any atom is 0.264 e. The highest BCUT2D eigenvalue weighted by Crippen LogP contribution is 2.36. The second kappa shape index (κ2) is 12.1. The molecule has 0 saturated carbocycles. The standard InChI is InChI=1S/C29H34F3N7O3/c1-17-14-38(6-5-36(17)3)25-11-23(30)20(19-12-33-29(34-13-19)39-7-8-42-16-18(39)2)9-24(25)35-28(41)22-15-37(4)26(40)10-21(22)27(31)32/h9-13,15,17-18,27H,5-8,14,16H2,1-4H3,(H,35,41). The Labute approximate surface area is 241 Å². The van der Waals surface area contributed by atoms with Crippen molar-refractivity contribution in [2.75, 3.05) is 61.6 Å². The lowest BCUT2D eigenvalue weighted by molar-refractivity contribution is 0.0981. The zero-order valence-electron chi connectivity index (χ0n) is 24.0. The molecule has 4 heterocycles. The molecule has 42 heavy (non-hydrogen) atoms. The molecule has 2 saturated heterocycles. The normalized spacial score (nSPS) is 19.8. The number of rotatable bonds is 6. The van der Waals surface area contributed by atoms with Crippen molar-refractivity contribution in [1.82, 2.24) is 19.4 Å². The highest BCUT2D eigenvalue weighted by Gasteiger charge is 2.27. The highest BCUT2D eigenvalue weighted by atomic mass is 19.3. The minimum Gasteiger partial charge on any atom is -0.377 e. The summed E-state index contributed by atoms with van der Waals surface area (Å²) in [6.07, 6.45) is 1.09. The summed E-state index contributed by atoms with van der Waals surface area (Å²) >= 11 is 0. The number of hydrogen-bond acceptors (Lipinski definition) is 8. The molecule has 2 atom stereocenters. The van der Waals surface area contributed by atoms with Crippen molar-refractivity contribution in [3.8, 4) is 11.1 Å². The van der Waals surface area contributed by atoms with Crippen molar-refractivity contribution in [1.29, 1.82) is 0 Å². The first-order valence-corrected chi connectivity index (χ1v) is 13.8. The third kappa shape index (κ3) is 5.97. The summed E-state index contributed by atoms with van der Waals surface area (Å²) in [6, 6.07) is 3.82. The monoisotopic (exact) mass is 585 g/mol. The Hall–Kier alpha value is -3.97. The summed E-state index contributed by atoms with van der Waals surface area (Å²) in [6.45, 7) is 7.64. The topological polar surface area (TPSA) is 95.8 Å². The summed E-state index contributed by atoms with van der Waals surface area (Å²) < 4.78 is 49.9. The molecule has 0 radical (unpaired) electrons. The number of morpholine rings is 1. The molecule has 2 aromatic heterocycles. The van der Waals surface area contributed by atoms with E-state index in [0.717, 1.165) is 16.8 Å². The van der Waals surface area contributed by atoms with E-state index in [2.05, 4.69) is 20.2 Å². The van der Waals surface area contributed by atoms with Crippen LogP contribution in [0.5, 0.6) is 0 Å². The number of aryl methyl sites for hydroxylation is 1. The number of piperazine rings is 1. The summed E-state index contributed by atoms with van der Waals surface area (Å²) in [5, 5.41) is 2.73. The molecule has 0 aliphatic carbocycles. The van der Waals surface area contributed by atoms with E-state index in [4.69, 9.17) is 4.74 Å². The van der Waals surface area contributed by atoms with Gasteiger partial charge in [-0.3, -0.25) is 9.59 Å². The van der Waals surface area contributed by atoms with Crippen LogP contribution in [0, 0.1) is 5.82 Å². The van der Waals surface area contributed by atoms with Crippen LogP contribution in [0.25, 0.3) is 11.1 Å². The van der Waals surface area contributed by atoms with E-state index in [1.165, 1.54) is 31.6 Å². The van der Waals surface area contributed by atoms with Crippen LogP contribution in [0.2, 0.25) is 0 Å². The number of carbonyl (C=O) groups is 1. The van der Waals surface area contributed by atoms with Crippen LogP contribution in [-0.4, -0.2) is 83.9 Å². The molecule has 1 N–H and O–H groups in total. The number of carbonyl (C=O) groups excluding carboxylic acids is 1. The van der Waals surface area contributed by atoms with E-state index in [-0.39, 0.29) is 28.9 Å². The van der Waals surface area contributed by atoms with Crippen molar-refractivity contribution >= 4 is 23.2 Å². The molecule has 10 nitrogen and oxygen atoms in total. The fraction of sp³-hybridized carbons (Fsp3) is 0.448. The Morgan fingerprint density at radius 2 is 1.81 bits per heavy atom. The van der Waals surface area contributed by atoms with Gasteiger partial charge in [0.25, 0.3) is 17.9 Å². The van der Waals surface area contributed by atoms with Gasteiger partial charge in [0.15, 0.2) is 0 Å². The van der Waals surface area contributed by atoms with Crippen molar-refractivity contribution in [3.05, 3.63) is 64.1 Å². The zero-order chi connectivity index (χ0) is 30.1. The van der Waals surface area contributed by atoms with Gasteiger partial charge in [-0.2, -0.15) is 0 Å². The van der Waals surface area contributed by atoms with Crippen LogP contribution in [0.1, 0.15) is 36.2 Å². The van der Waals surface area contributed by atoms with E-state index in [1.807, 2.05) is 30.7 Å². The number of ether oxygens (including phenoxy) is 1. The first-order valence-electron chi connectivity index (χ1n) is 13.8. The Bertz CT molecular complexity index is 1520. The molecule has 5 rings (SSSR count). The minimum absolute atomic E-state index is 0.0871. The Balaban J connectivity index is 1.53. The van der Waals surface area contributed by atoms with E-state index in [1.54, 1.807) is 0 Å². The maximum atomic E-state index is 15.7. The third-order valence-electron chi connectivity index (χ3n) is 7.95. The molecule has 3 aromatic rings. The lowest BCUT2D eigenvalue weighted by Gasteiger charge is -2.39. The predicted molar refractivity (Wildman–Crippen MR) is 154 cm³/mol. The number of nitrogens with zero attached hydrogens (tertiary/aromatic N) is 6. The molecule has 2 aliphatic heterocycles. The van der Waals surface area contributed by atoms with Crippen molar-refractivity contribution < 1.29 is 22.7 Å². The van der Waals surface area contributed by atoms with Crippen LogP contribution in [0.15, 0.2) is 41.6 Å². The van der Waals surface area contributed by atoms with Gasteiger partial charge in [-0.25, -0.2) is 23.1 Å². The van der Waals surface area contributed by atoms with Crippen molar-refractivity contribution in [2.45, 2.75) is 32.4 Å². The number of benzene rings is 1. The summed E-state index contributed by atoms with van der Waals surface area (Å²) in [7, 11) is 3.38. The number of halogens is 3. The number of likely N-dealkylation sites (N-methyl/N-ethyl adjacent to an activating group) is 1. The molecule has 1 amide bonds. The molecule has 2 aliphatic rings. The van der Waals surface area contributed by atoms with Crippen molar-refractivity contribution in [3.63, 3.8) is 0 Å². The minimum atomic E-state index is -3.04. The lowest BCUT2D eigenvalue weighted by atomic mass is 10.0. The first kappa shape index (κ1) is 29.5. The van der Waals surface area contributed by atoms with Gasteiger partial charge in [0.2, 0.25) is 5.95 Å². The van der Waals surface area contributed by atoms with Crippen LogP contribution >= 0.6 is 0 Å². The predicted octanol–water partition coefficient (Wildman–Crippen LogP) is 3.54. The second-order valence-corrected chi connectivity index (χ2v) is 10.9. The first-order chi connectivity index (χ1) is 20.0. The smallest absolute Gasteiger partial charge is 0.264 e. The van der Waals surface area contributed by atoms with E-state index in [9.17, 15) is 18.4 Å². The van der Waals surface area contributed by atoms with E-state index < -0.39 is 29.3 Å². The van der Waals surface area contributed by atoms with Gasteiger partial charge in [0.05, 0.1) is 36.2 Å². The number of anilines is 3. The Morgan fingerprint density at radius 1 is 1.07 bits per heavy atom. The van der Waals surface area contributed by atoms with Gasteiger partial charge in [-0.15, -0.1) is 0 Å². The van der Waals surface area contributed by atoms with Crippen LogP contribution < -0.4 is 20.7 Å². The highest BCUT2D eigenvalue weighted by molar-refractivity contribution is 6.07. The molecular formula is C29H34F3N7O3. The van der Waals surface area contributed by atoms with E-state index in [0.29, 0.717) is 56.6 Å². The zero-order valence-corrected chi connectivity index (χ0v) is 24.0. The van der Waals surface area contributed by atoms with Gasteiger partial charge in [0, 0.05) is 80.6 Å². The molecule has 1 aromatic carbocycles. The lowest BCUT2D eigenvalue weighted by Crippen LogP contribution is -2.50. The largest absolute Gasteiger partial charge is 0.377 e. The molecule has 2 fully saturated rings. The van der Waals surface area contributed by atoms with Gasteiger partial charge in [0.1, 0.15) is 5.82 Å².